The molecule has 1 aromatic rings. The molecule has 0 bridgehead atoms. The molecule has 1 aromatic heterocycles. The molecule has 1 saturated heterocycles. The third-order valence-electron chi connectivity index (χ3n) is 3.34. The maximum absolute atomic E-state index is 12.5. The molecular formula is C11H15N3O5S2. The Morgan fingerprint density at radius 2 is 2.05 bits per heavy atom. The number of thiazole rings is 1. The third-order valence-corrected chi connectivity index (χ3v) is 6.59. The van der Waals surface area contributed by atoms with E-state index in [1.54, 1.807) is 0 Å². The summed E-state index contributed by atoms with van der Waals surface area (Å²) in [4.78, 5) is 26.4. The molecule has 0 aliphatic carbocycles. The average molecular weight is 333 g/mol. The zero-order valence-corrected chi connectivity index (χ0v) is 12.9. The molecule has 8 nitrogen and oxygen atoms in total. The lowest BCUT2D eigenvalue weighted by molar-refractivity contribution is -0.122. The van der Waals surface area contributed by atoms with Gasteiger partial charge in [-0.2, -0.15) is 4.31 Å². The van der Waals surface area contributed by atoms with E-state index in [1.165, 1.54) is 9.82 Å². The number of carbonyl (C=O) groups is 2. The van der Waals surface area contributed by atoms with Crippen LogP contribution in [0.3, 0.4) is 0 Å². The van der Waals surface area contributed by atoms with Crippen LogP contribution in [0.2, 0.25) is 0 Å². The first-order chi connectivity index (χ1) is 9.87. The highest BCUT2D eigenvalue weighted by Crippen LogP contribution is 2.28. The van der Waals surface area contributed by atoms with E-state index in [0.29, 0.717) is 12.8 Å². The van der Waals surface area contributed by atoms with Gasteiger partial charge in [0.2, 0.25) is 5.91 Å². The molecule has 2 rings (SSSR count). The summed E-state index contributed by atoms with van der Waals surface area (Å²) in [6.07, 6.45) is 0.752. The minimum atomic E-state index is -3.82. The quantitative estimate of drug-likeness (QED) is 0.763. The number of esters is 1. The van der Waals surface area contributed by atoms with Gasteiger partial charge in [0.25, 0.3) is 10.0 Å². The highest BCUT2D eigenvalue weighted by atomic mass is 32.2. The summed E-state index contributed by atoms with van der Waals surface area (Å²) < 4.78 is 30.7. The van der Waals surface area contributed by atoms with Gasteiger partial charge in [0.1, 0.15) is 0 Å². The van der Waals surface area contributed by atoms with Crippen LogP contribution in [0.5, 0.6) is 0 Å². The fourth-order valence-electron chi connectivity index (χ4n) is 2.15. The standard InChI is InChI=1S/C11H15N3O5S2/c1-19-10(16)8-11(20-6-13-8)21(17,18)14-4-2-7(3-5-14)9(12)15/h6-7H,2-5H2,1H3,(H2,12,15). The molecule has 21 heavy (non-hydrogen) atoms. The van der Waals surface area contributed by atoms with E-state index in [9.17, 15) is 18.0 Å². The van der Waals surface area contributed by atoms with Crippen molar-refractivity contribution in [3.05, 3.63) is 11.2 Å². The smallest absolute Gasteiger partial charge is 0.358 e. The summed E-state index contributed by atoms with van der Waals surface area (Å²) in [5.41, 5.74) is 6.30. The number of ether oxygens (including phenoxy) is 1. The highest BCUT2D eigenvalue weighted by Gasteiger charge is 2.35. The van der Waals surface area contributed by atoms with Crippen LogP contribution in [0.25, 0.3) is 0 Å². The van der Waals surface area contributed by atoms with Gasteiger partial charge in [-0.05, 0) is 12.8 Å². The van der Waals surface area contributed by atoms with Crippen molar-refractivity contribution in [1.82, 2.24) is 9.29 Å². The average Bonchev–Trinajstić information content (AvgIpc) is 2.96. The van der Waals surface area contributed by atoms with Gasteiger partial charge in [0.05, 0.1) is 12.6 Å². The number of sulfonamides is 1. The Hall–Kier alpha value is -1.52. The number of piperidine rings is 1. The number of hydrogen-bond donors (Lipinski definition) is 1. The second-order valence-electron chi connectivity index (χ2n) is 4.56. The van der Waals surface area contributed by atoms with Crippen LogP contribution in [0.1, 0.15) is 23.3 Å². The lowest BCUT2D eigenvalue weighted by Gasteiger charge is -2.29. The minimum Gasteiger partial charge on any atom is -0.464 e. The number of nitrogens with two attached hydrogens (primary N) is 1. The largest absolute Gasteiger partial charge is 0.464 e. The van der Waals surface area contributed by atoms with E-state index in [4.69, 9.17) is 5.73 Å². The van der Waals surface area contributed by atoms with Crippen molar-refractivity contribution in [3.8, 4) is 0 Å². The van der Waals surface area contributed by atoms with Crippen molar-refractivity contribution < 1.29 is 22.7 Å². The van der Waals surface area contributed by atoms with E-state index in [1.807, 2.05) is 0 Å². The molecule has 0 atom stereocenters. The number of aromatic nitrogens is 1. The number of rotatable bonds is 4. The second-order valence-corrected chi connectivity index (χ2v) is 7.55. The molecule has 1 aliphatic heterocycles. The molecule has 116 valence electrons. The third kappa shape index (κ3) is 3.06. The molecule has 0 saturated carbocycles. The van der Waals surface area contributed by atoms with Gasteiger partial charge in [-0.25, -0.2) is 18.2 Å². The lowest BCUT2D eigenvalue weighted by Crippen LogP contribution is -2.41. The van der Waals surface area contributed by atoms with Gasteiger partial charge in [-0.1, -0.05) is 0 Å². The van der Waals surface area contributed by atoms with E-state index in [0.717, 1.165) is 18.4 Å². The van der Waals surface area contributed by atoms with Gasteiger partial charge < -0.3 is 10.5 Å². The number of methoxy groups -OCH3 is 1. The molecular weight excluding hydrogens is 318 g/mol. The van der Waals surface area contributed by atoms with Crippen LogP contribution >= 0.6 is 11.3 Å². The van der Waals surface area contributed by atoms with Crippen molar-refractivity contribution in [2.24, 2.45) is 11.7 Å². The molecule has 1 amide bonds. The Morgan fingerprint density at radius 3 is 2.57 bits per heavy atom. The molecule has 0 aromatic carbocycles. The van der Waals surface area contributed by atoms with E-state index in [2.05, 4.69) is 9.72 Å². The maximum Gasteiger partial charge on any atom is 0.358 e. The molecule has 0 radical (unpaired) electrons. The van der Waals surface area contributed by atoms with Crippen molar-refractivity contribution in [2.45, 2.75) is 17.1 Å². The topological polar surface area (TPSA) is 120 Å². The second kappa shape index (κ2) is 6.08. The predicted molar refractivity (Wildman–Crippen MR) is 74.1 cm³/mol. The van der Waals surface area contributed by atoms with Crippen LogP contribution in [-0.2, 0) is 19.6 Å². The first kappa shape index (κ1) is 15.9. The SMILES string of the molecule is COC(=O)c1ncsc1S(=O)(=O)N1CCC(C(N)=O)CC1. The molecule has 1 fully saturated rings. The van der Waals surface area contributed by atoms with E-state index >= 15 is 0 Å². The van der Waals surface area contributed by atoms with Gasteiger partial charge in [0.15, 0.2) is 9.90 Å². The normalized spacial score (nSPS) is 17.6. The van der Waals surface area contributed by atoms with Crippen molar-refractivity contribution >= 4 is 33.2 Å². The summed E-state index contributed by atoms with van der Waals surface area (Å²) in [6.45, 7) is 0.378. The first-order valence-electron chi connectivity index (χ1n) is 6.19. The Bertz CT molecular complexity index is 647. The molecule has 2 N–H and O–H groups in total. The Morgan fingerprint density at radius 1 is 1.43 bits per heavy atom. The first-order valence-corrected chi connectivity index (χ1v) is 8.51. The Labute approximate surface area is 126 Å². The summed E-state index contributed by atoms with van der Waals surface area (Å²) in [7, 11) is -2.65. The summed E-state index contributed by atoms with van der Waals surface area (Å²) in [5, 5.41) is 0. The Balaban J connectivity index is 2.22. The molecule has 10 heteroatoms. The molecule has 2 heterocycles. The Kier molecular flexibility index (Phi) is 4.59. The minimum absolute atomic E-state index is 0.133. The predicted octanol–water partition coefficient (Wildman–Crippen LogP) is -0.184. The number of primary amides is 1. The van der Waals surface area contributed by atoms with Gasteiger partial charge in [-0.3, -0.25) is 4.79 Å². The van der Waals surface area contributed by atoms with Crippen molar-refractivity contribution in [2.75, 3.05) is 20.2 Å². The van der Waals surface area contributed by atoms with Crippen molar-refractivity contribution in [1.29, 1.82) is 0 Å². The zero-order chi connectivity index (χ0) is 15.6. The number of nitrogens with zero attached hydrogens (tertiary/aromatic N) is 2. The molecule has 1 aliphatic rings. The molecule has 0 spiro atoms. The zero-order valence-electron chi connectivity index (χ0n) is 11.3. The fourth-order valence-corrected chi connectivity index (χ4v) is 4.89. The fraction of sp³-hybridized carbons (Fsp3) is 0.545. The van der Waals surface area contributed by atoms with Gasteiger partial charge >= 0.3 is 5.97 Å². The van der Waals surface area contributed by atoms with Crippen molar-refractivity contribution in [3.63, 3.8) is 0 Å². The van der Waals surface area contributed by atoms with Crippen LogP contribution in [0, 0.1) is 5.92 Å². The number of carbonyl (C=O) groups excluding carboxylic acids is 2. The summed E-state index contributed by atoms with van der Waals surface area (Å²) in [5.74, 6) is -1.51. The lowest BCUT2D eigenvalue weighted by atomic mass is 9.98. The van der Waals surface area contributed by atoms with E-state index < -0.39 is 21.9 Å². The van der Waals surface area contributed by atoms with Gasteiger partial charge in [-0.15, -0.1) is 11.3 Å². The number of amides is 1. The van der Waals surface area contributed by atoms with E-state index in [-0.39, 0.29) is 28.9 Å². The van der Waals surface area contributed by atoms with Crippen LogP contribution in [0.4, 0.5) is 0 Å². The molecule has 0 unspecified atom stereocenters. The van der Waals surface area contributed by atoms with Crippen LogP contribution < -0.4 is 5.73 Å². The highest BCUT2D eigenvalue weighted by molar-refractivity contribution is 7.91. The summed E-state index contributed by atoms with van der Waals surface area (Å²) >= 11 is 0.868. The van der Waals surface area contributed by atoms with Gasteiger partial charge in [0, 0.05) is 19.0 Å². The summed E-state index contributed by atoms with van der Waals surface area (Å²) in [6, 6.07) is 0. The maximum atomic E-state index is 12.5. The van der Waals surface area contributed by atoms with Crippen LogP contribution in [0.15, 0.2) is 9.72 Å². The van der Waals surface area contributed by atoms with Crippen LogP contribution in [-0.4, -0.2) is 49.8 Å². The number of hydrogen-bond acceptors (Lipinski definition) is 7. The monoisotopic (exact) mass is 333 g/mol.